The molecule has 3 nitrogen and oxygen atoms in total. The van der Waals surface area contributed by atoms with Crippen LogP contribution in [0.15, 0.2) is 40.9 Å². The summed E-state index contributed by atoms with van der Waals surface area (Å²) in [4.78, 5) is 0. The van der Waals surface area contributed by atoms with Gasteiger partial charge in [-0.15, -0.1) is 0 Å². The lowest BCUT2D eigenvalue weighted by Gasteiger charge is -2.11. The summed E-state index contributed by atoms with van der Waals surface area (Å²) < 4.78 is 24.9. The van der Waals surface area contributed by atoms with Gasteiger partial charge in [0.2, 0.25) is 0 Å². The predicted octanol–water partition coefficient (Wildman–Crippen LogP) is 3.90. The predicted molar refractivity (Wildman–Crippen MR) is 84.2 cm³/mol. The molecule has 112 valence electrons. The van der Waals surface area contributed by atoms with E-state index in [9.17, 15) is 4.39 Å². The van der Waals surface area contributed by atoms with Crippen molar-refractivity contribution < 1.29 is 13.9 Å². The van der Waals surface area contributed by atoms with Crippen molar-refractivity contribution in [1.82, 2.24) is 5.32 Å². The van der Waals surface area contributed by atoms with Crippen molar-refractivity contribution in [3.63, 3.8) is 0 Å². The van der Waals surface area contributed by atoms with Crippen LogP contribution in [0.3, 0.4) is 0 Å². The smallest absolute Gasteiger partial charge is 0.161 e. The molecule has 0 heterocycles. The van der Waals surface area contributed by atoms with E-state index in [1.165, 1.54) is 6.07 Å². The molecule has 0 radical (unpaired) electrons. The van der Waals surface area contributed by atoms with Crippen molar-refractivity contribution in [2.75, 3.05) is 14.2 Å². The van der Waals surface area contributed by atoms with Crippen LogP contribution in [0.2, 0.25) is 0 Å². The quantitative estimate of drug-likeness (QED) is 0.854. The minimum absolute atomic E-state index is 0.210. The van der Waals surface area contributed by atoms with Crippen LogP contribution in [0, 0.1) is 5.82 Å². The first kappa shape index (κ1) is 15.8. The summed E-state index contributed by atoms with van der Waals surface area (Å²) in [7, 11) is 3.21. The van der Waals surface area contributed by atoms with Crippen LogP contribution >= 0.6 is 15.9 Å². The third-order valence-corrected chi connectivity index (χ3v) is 3.59. The zero-order valence-electron chi connectivity index (χ0n) is 12.0. The van der Waals surface area contributed by atoms with E-state index in [0.29, 0.717) is 30.2 Å². The van der Waals surface area contributed by atoms with Gasteiger partial charge < -0.3 is 14.8 Å². The van der Waals surface area contributed by atoms with Gasteiger partial charge in [-0.25, -0.2) is 4.39 Å². The van der Waals surface area contributed by atoms with Gasteiger partial charge in [-0.05, 0) is 35.9 Å². The number of halogens is 2. The minimum Gasteiger partial charge on any atom is -0.493 e. The fourth-order valence-electron chi connectivity index (χ4n) is 2.01. The van der Waals surface area contributed by atoms with Gasteiger partial charge in [0.05, 0.1) is 14.2 Å². The van der Waals surface area contributed by atoms with E-state index in [4.69, 9.17) is 9.47 Å². The Morgan fingerprint density at radius 2 is 1.76 bits per heavy atom. The van der Waals surface area contributed by atoms with E-state index in [1.54, 1.807) is 26.4 Å². The number of rotatable bonds is 6. The van der Waals surface area contributed by atoms with Gasteiger partial charge in [0.15, 0.2) is 11.5 Å². The number of nitrogens with one attached hydrogen (secondary N) is 1. The fraction of sp³-hybridized carbons (Fsp3) is 0.250. The summed E-state index contributed by atoms with van der Waals surface area (Å²) >= 11 is 3.34. The highest BCUT2D eigenvalue weighted by atomic mass is 79.9. The molecule has 0 fully saturated rings. The number of ether oxygens (including phenoxy) is 2. The zero-order valence-corrected chi connectivity index (χ0v) is 13.5. The normalized spacial score (nSPS) is 10.5. The van der Waals surface area contributed by atoms with Crippen molar-refractivity contribution in [2.45, 2.75) is 13.1 Å². The molecular weight excluding hydrogens is 337 g/mol. The molecular formula is C16H17BrFNO2. The van der Waals surface area contributed by atoms with Gasteiger partial charge in [-0.3, -0.25) is 0 Å². The molecule has 0 unspecified atom stereocenters. The first-order valence-electron chi connectivity index (χ1n) is 6.49. The molecule has 0 amide bonds. The van der Waals surface area contributed by atoms with Crippen molar-refractivity contribution in [3.05, 3.63) is 57.8 Å². The Balaban J connectivity index is 1.98. The molecule has 2 aromatic carbocycles. The summed E-state index contributed by atoms with van der Waals surface area (Å²) in [5.74, 6) is 1.17. The van der Waals surface area contributed by atoms with Crippen molar-refractivity contribution in [2.24, 2.45) is 0 Å². The Bertz CT molecular complexity index is 619. The molecule has 0 saturated carbocycles. The van der Waals surface area contributed by atoms with Gasteiger partial charge >= 0.3 is 0 Å². The summed E-state index contributed by atoms with van der Waals surface area (Å²) in [6.45, 7) is 1.08. The molecule has 1 N–H and O–H groups in total. The van der Waals surface area contributed by atoms with Gasteiger partial charge in [-0.2, -0.15) is 0 Å². The van der Waals surface area contributed by atoms with Crippen LogP contribution in [0.4, 0.5) is 4.39 Å². The fourth-order valence-corrected chi connectivity index (χ4v) is 2.42. The monoisotopic (exact) mass is 353 g/mol. The number of benzene rings is 2. The van der Waals surface area contributed by atoms with Crippen LogP contribution < -0.4 is 14.8 Å². The van der Waals surface area contributed by atoms with Crippen LogP contribution in [0.5, 0.6) is 11.5 Å². The van der Waals surface area contributed by atoms with E-state index in [-0.39, 0.29) is 5.82 Å². The largest absolute Gasteiger partial charge is 0.493 e. The van der Waals surface area contributed by atoms with Gasteiger partial charge in [-0.1, -0.05) is 22.0 Å². The van der Waals surface area contributed by atoms with Crippen molar-refractivity contribution >= 4 is 15.9 Å². The first-order valence-corrected chi connectivity index (χ1v) is 7.29. The molecule has 0 aliphatic rings. The van der Waals surface area contributed by atoms with Crippen LogP contribution in [0.1, 0.15) is 11.1 Å². The summed E-state index contributed by atoms with van der Waals surface area (Å²) in [6, 6.07) is 10.6. The Hall–Kier alpha value is -1.59. The molecule has 0 aliphatic heterocycles. The average molecular weight is 354 g/mol. The maximum absolute atomic E-state index is 13.6. The maximum atomic E-state index is 13.6. The van der Waals surface area contributed by atoms with Gasteiger partial charge in [0.1, 0.15) is 5.82 Å². The molecule has 2 aromatic rings. The standard InChI is InChI=1S/C16H17BrFNO2/c1-20-15-6-3-11(7-16(15)21-2)9-19-10-12-8-13(17)4-5-14(12)18/h3-8,19H,9-10H2,1-2H3. The van der Waals surface area contributed by atoms with E-state index >= 15 is 0 Å². The second kappa shape index (κ2) is 7.43. The molecule has 21 heavy (non-hydrogen) atoms. The number of methoxy groups -OCH3 is 2. The minimum atomic E-state index is -0.210. The third kappa shape index (κ3) is 4.19. The number of hydrogen-bond acceptors (Lipinski definition) is 3. The zero-order chi connectivity index (χ0) is 15.2. The summed E-state index contributed by atoms with van der Waals surface area (Å²) in [5, 5.41) is 3.22. The maximum Gasteiger partial charge on any atom is 0.161 e. The Morgan fingerprint density at radius 1 is 1.00 bits per heavy atom. The number of hydrogen-bond donors (Lipinski definition) is 1. The molecule has 0 aromatic heterocycles. The SMILES string of the molecule is COc1ccc(CNCc2cc(Br)ccc2F)cc1OC. The average Bonchev–Trinajstić information content (AvgIpc) is 2.50. The molecule has 2 rings (SSSR count). The highest BCUT2D eigenvalue weighted by molar-refractivity contribution is 9.10. The lowest BCUT2D eigenvalue weighted by atomic mass is 10.1. The molecule has 0 bridgehead atoms. The molecule has 0 saturated heterocycles. The Kier molecular flexibility index (Phi) is 5.59. The van der Waals surface area contributed by atoms with E-state index in [1.807, 2.05) is 18.2 Å². The summed E-state index contributed by atoms with van der Waals surface area (Å²) in [5.41, 5.74) is 1.67. The molecule has 5 heteroatoms. The second-order valence-corrected chi connectivity index (χ2v) is 5.44. The van der Waals surface area contributed by atoms with Gasteiger partial charge in [0, 0.05) is 23.1 Å². The Morgan fingerprint density at radius 3 is 2.48 bits per heavy atom. The lowest BCUT2D eigenvalue weighted by Crippen LogP contribution is -2.13. The first-order chi connectivity index (χ1) is 10.1. The molecule has 0 spiro atoms. The second-order valence-electron chi connectivity index (χ2n) is 4.53. The van der Waals surface area contributed by atoms with E-state index < -0.39 is 0 Å². The van der Waals surface area contributed by atoms with Crippen LogP contribution in [-0.4, -0.2) is 14.2 Å². The highest BCUT2D eigenvalue weighted by Crippen LogP contribution is 2.27. The van der Waals surface area contributed by atoms with Crippen molar-refractivity contribution in [1.29, 1.82) is 0 Å². The lowest BCUT2D eigenvalue weighted by molar-refractivity contribution is 0.354. The topological polar surface area (TPSA) is 30.5 Å². The summed E-state index contributed by atoms with van der Waals surface area (Å²) in [6.07, 6.45) is 0. The highest BCUT2D eigenvalue weighted by Gasteiger charge is 2.05. The Labute approximate surface area is 132 Å². The van der Waals surface area contributed by atoms with Crippen molar-refractivity contribution in [3.8, 4) is 11.5 Å². The van der Waals surface area contributed by atoms with Gasteiger partial charge in [0.25, 0.3) is 0 Å². The van der Waals surface area contributed by atoms with E-state index in [2.05, 4.69) is 21.2 Å². The molecule has 0 atom stereocenters. The molecule has 0 aliphatic carbocycles. The third-order valence-electron chi connectivity index (χ3n) is 3.10. The van der Waals surface area contributed by atoms with Crippen LogP contribution in [0.25, 0.3) is 0 Å². The van der Waals surface area contributed by atoms with E-state index in [0.717, 1.165) is 10.0 Å². The van der Waals surface area contributed by atoms with Crippen LogP contribution in [-0.2, 0) is 13.1 Å².